The fourth-order valence-electron chi connectivity index (χ4n) is 7.42. The number of fused-ring (bicyclic) bond motifs is 7. The van der Waals surface area contributed by atoms with E-state index < -0.39 is 0 Å². The Hall–Kier alpha value is -7.39. The molecule has 5 heteroatoms. The van der Waals surface area contributed by atoms with Crippen molar-refractivity contribution < 1.29 is 0 Å². The zero-order chi connectivity index (χ0) is 33.8. The molecule has 2 heterocycles. The second-order valence-electron chi connectivity index (χ2n) is 12.3. The highest BCUT2D eigenvalue weighted by Crippen LogP contribution is 2.43. The molecule has 2 aromatic heterocycles. The molecule has 5 nitrogen and oxygen atoms in total. The number of rotatable bonds is 4. The quantitative estimate of drug-likeness (QED) is 0.193. The zero-order valence-corrected chi connectivity index (χ0v) is 26.7. The van der Waals surface area contributed by atoms with Crippen molar-refractivity contribution in [2.75, 3.05) is 0 Å². The van der Waals surface area contributed by atoms with Crippen LogP contribution in [0.25, 0.3) is 77.2 Å². The van der Waals surface area contributed by atoms with E-state index in [1.54, 1.807) is 12.1 Å². The van der Waals surface area contributed by atoms with Gasteiger partial charge in [-0.15, -0.1) is 0 Å². The van der Waals surface area contributed by atoms with Crippen LogP contribution in [0.2, 0.25) is 0 Å². The van der Waals surface area contributed by atoms with Crippen LogP contribution in [-0.4, -0.2) is 9.13 Å². The molecule has 9 rings (SSSR count). The first-order valence-corrected chi connectivity index (χ1v) is 16.3. The summed E-state index contributed by atoms with van der Waals surface area (Å²) in [6.07, 6.45) is 0. The molecule has 9 aromatic rings. The van der Waals surface area contributed by atoms with Crippen molar-refractivity contribution >= 4 is 43.6 Å². The third-order valence-corrected chi connectivity index (χ3v) is 9.60. The first-order valence-electron chi connectivity index (χ1n) is 16.3. The summed E-state index contributed by atoms with van der Waals surface area (Å²) in [5.41, 5.74) is 10.6. The standard InChI is InChI=1S/C45H25N5/c46-26-29-23-34(27-47)43(35(24-29)28-48)50-42-16-7-5-14-38(42)40-22-21-39-37-13-4-6-15-41(37)49(44(39)45(40)50)36-12-8-11-33(25-36)32-19-17-31(18-20-32)30-9-2-1-3-10-30/h1-25H. The Kier molecular flexibility index (Phi) is 6.56. The molecule has 0 N–H and O–H groups in total. The molecule has 0 aliphatic carbocycles. The van der Waals surface area contributed by atoms with Crippen LogP contribution in [0, 0.1) is 34.0 Å². The van der Waals surface area contributed by atoms with Crippen molar-refractivity contribution in [1.82, 2.24) is 9.13 Å². The Balaban J connectivity index is 1.37. The van der Waals surface area contributed by atoms with Crippen molar-refractivity contribution in [3.8, 4) is 51.8 Å². The second kappa shape index (κ2) is 11.4. The topological polar surface area (TPSA) is 81.2 Å². The van der Waals surface area contributed by atoms with Gasteiger partial charge in [-0.05, 0) is 58.7 Å². The summed E-state index contributed by atoms with van der Waals surface area (Å²) in [6, 6.07) is 58.2. The van der Waals surface area contributed by atoms with Crippen molar-refractivity contribution in [3.05, 3.63) is 168 Å². The Bertz CT molecular complexity index is 2910. The lowest BCUT2D eigenvalue weighted by Gasteiger charge is -2.15. The van der Waals surface area contributed by atoms with E-state index in [4.69, 9.17) is 0 Å². The van der Waals surface area contributed by atoms with Crippen LogP contribution in [0.5, 0.6) is 0 Å². The van der Waals surface area contributed by atoms with E-state index >= 15 is 0 Å². The van der Waals surface area contributed by atoms with Gasteiger partial charge in [-0.3, -0.25) is 0 Å². The molecule has 0 saturated carbocycles. The molecule has 0 unspecified atom stereocenters. The van der Waals surface area contributed by atoms with Gasteiger partial charge in [0.05, 0.1) is 50.5 Å². The van der Waals surface area contributed by atoms with Crippen molar-refractivity contribution in [1.29, 1.82) is 15.8 Å². The molecule has 0 saturated heterocycles. The van der Waals surface area contributed by atoms with E-state index in [2.05, 4.69) is 138 Å². The number of nitrogens with zero attached hydrogens (tertiary/aromatic N) is 5. The first-order chi connectivity index (χ1) is 24.7. The summed E-state index contributed by atoms with van der Waals surface area (Å²) >= 11 is 0. The lowest BCUT2D eigenvalue weighted by molar-refractivity contribution is 1.13. The van der Waals surface area contributed by atoms with Crippen LogP contribution in [0.1, 0.15) is 16.7 Å². The highest BCUT2D eigenvalue weighted by molar-refractivity contribution is 6.24. The molecular formula is C45H25N5. The van der Waals surface area contributed by atoms with Gasteiger partial charge in [0.15, 0.2) is 0 Å². The highest BCUT2D eigenvalue weighted by atomic mass is 15.0. The van der Waals surface area contributed by atoms with Gasteiger partial charge in [0.2, 0.25) is 0 Å². The molecule has 0 spiro atoms. The highest BCUT2D eigenvalue weighted by Gasteiger charge is 2.24. The molecule has 0 aliphatic rings. The van der Waals surface area contributed by atoms with Gasteiger partial charge < -0.3 is 9.13 Å². The van der Waals surface area contributed by atoms with Gasteiger partial charge in [-0.1, -0.05) is 115 Å². The van der Waals surface area contributed by atoms with Crippen LogP contribution in [0.15, 0.2) is 152 Å². The van der Waals surface area contributed by atoms with Crippen molar-refractivity contribution in [2.24, 2.45) is 0 Å². The lowest BCUT2D eigenvalue weighted by Crippen LogP contribution is -2.04. The number of para-hydroxylation sites is 2. The van der Waals surface area contributed by atoms with Gasteiger partial charge in [-0.25, -0.2) is 0 Å². The third kappa shape index (κ3) is 4.31. The maximum Gasteiger partial charge on any atom is 0.101 e. The van der Waals surface area contributed by atoms with E-state index in [0.717, 1.165) is 60.4 Å². The fraction of sp³-hybridized carbons (Fsp3) is 0. The molecule has 230 valence electrons. The average Bonchev–Trinajstić information content (AvgIpc) is 3.70. The molecule has 50 heavy (non-hydrogen) atoms. The van der Waals surface area contributed by atoms with E-state index in [1.165, 1.54) is 11.1 Å². The SMILES string of the molecule is N#Cc1cc(C#N)c(-n2c3ccccc3c3ccc4c5ccccc5n(-c5cccc(-c6ccc(-c7ccccc7)cc6)c5)c4c32)c(C#N)c1. The molecule has 0 fully saturated rings. The van der Waals surface area contributed by atoms with Crippen LogP contribution in [0.4, 0.5) is 0 Å². The van der Waals surface area contributed by atoms with Gasteiger partial charge in [0.25, 0.3) is 0 Å². The summed E-state index contributed by atoms with van der Waals surface area (Å²) in [5.74, 6) is 0. The average molecular weight is 636 g/mol. The lowest BCUT2D eigenvalue weighted by atomic mass is 10.00. The monoisotopic (exact) mass is 635 g/mol. The van der Waals surface area contributed by atoms with E-state index in [9.17, 15) is 15.8 Å². The van der Waals surface area contributed by atoms with Gasteiger partial charge in [0.1, 0.15) is 12.1 Å². The van der Waals surface area contributed by atoms with Crippen molar-refractivity contribution in [2.45, 2.75) is 0 Å². The van der Waals surface area contributed by atoms with Gasteiger partial charge in [-0.2, -0.15) is 15.8 Å². The minimum Gasteiger partial charge on any atom is -0.307 e. The number of aromatic nitrogens is 2. The number of benzene rings is 7. The van der Waals surface area contributed by atoms with Crippen molar-refractivity contribution in [3.63, 3.8) is 0 Å². The number of hydrogen-bond acceptors (Lipinski definition) is 3. The predicted molar refractivity (Wildman–Crippen MR) is 200 cm³/mol. The number of hydrogen-bond donors (Lipinski definition) is 0. The summed E-state index contributed by atoms with van der Waals surface area (Å²) in [7, 11) is 0. The summed E-state index contributed by atoms with van der Waals surface area (Å²) in [5, 5.41) is 34.7. The molecule has 7 aromatic carbocycles. The molecule has 0 aliphatic heterocycles. The fourth-order valence-corrected chi connectivity index (χ4v) is 7.42. The number of nitriles is 3. The van der Waals surface area contributed by atoms with Crippen LogP contribution >= 0.6 is 0 Å². The van der Waals surface area contributed by atoms with Crippen LogP contribution in [0.3, 0.4) is 0 Å². The minimum absolute atomic E-state index is 0.267. The second-order valence-corrected chi connectivity index (χ2v) is 12.3. The molecular weight excluding hydrogens is 611 g/mol. The van der Waals surface area contributed by atoms with Gasteiger partial charge in [0, 0.05) is 27.2 Å². The summed E-state index contributed by atoms with van der Waals surface area (Å²) in [4.78, 5) is 0. The molecule has 0 atom stereocenters. The van der Waals surface area contributed by atoms with Gasteiger partial charge >= 0.3 is 0 Å². The third-order valence-electron chi connectivity index (χ3n) is 9.60. The maximum atomic E-state index is 10.4. The predicted octanol–water partition coefficient (Wildman–Crippen LogP) is 10.8. The Morgan fingerprint density at radius 1 is 0.380 bits per heavy atom. The molecule has 0 bridgehead atoms. The summed E-state index contributed by atoms with van der Waals surface area (Å²) < 4.78 is 4.35. The smallest absolute Gasteiger partial charge is 0.101 e. The molecule has 0 radical (unpaired) electrons. The Morgan fingerprint density at radius 2 is 0.880 bits per heavy atom. The van der Waals surface area contributed by atoms with Crippen LogP contribution < -0.4 is 0 Å². The maximum absolute atomic E-state index is 10.4. The van der Waals surface area contributed by atoms with E-state index in [1.807, 2.05) is 28.8 Å². The molecule has 0 amide bonds. The minimum atomic E-state index is 0.267. The van der Waals surface area contributed by atoms with E-state index in [-0.39, 0.29) is 16.7 Å². The Morgan fingerprint density at radius 3 is 1.48 bits per heavy atom. The Labute approximate surface area is 287 Å². The van der Waals surface area contributed by atoms with Crippen LogP contribution in [-0.2, 0) is 0 Å². The normalized spacial score (nSPS) is 11.1. The summed E-state index contributed by atoms with van der Waals surface area (Å²) in [6.45, 7) is 0. The largest absolute Gasteiger partial charge is 0.307 e. The first kappa shape index (κ1) is 28.8. The van der Waals surface area contributed by atoms with E-state index in [0.29, 0.717) is 5.69 Å². The zero-order valence-electron chi connectivity index (χ0n) is 26.7.